The van der Waals surface area contributed by atoms with E-state index in [9.17, 15) is 9.59 Å². The normalized spacial score (nSPS) is 10.5. The third-order valence-electron chi connectivity index (χ3n) is 2.45. The summed E-state index contributed by atoms with van der Waals surface area (Å²) in [6.45, 7) is 1.93. The summed E-state index contributed by atoms with van der Waals surface area (Å²) in [4.78, 5) is 26.9. The Morgan fingerprint density at radius 3 is 2.81 bits per heavy atom. The monoisotopic (exact) mass is 286 g/mol. The average molecular weight is 286 g/mol. The first-order valence-electron chi connectivity index (χ1n) is 6.36. The van der Waals surface area contributed by atoms with Gasteiger partial charge < -0.3 is 9.15 Å². The van der Waals surface area contributed by atoms with E-state index in [4.69, 9.17) is 9.15 Å². The van der Waals surface area contributed by atoms with Crippen LogP contribution in [0.25, 0.3) is 6.08 Å². The molecular weight excluding hydrogens is 272 g/mol. The molecule has 21 heavy (non-hydrogen) atoms. The van der Waals surface area contributed by atoms with Crippen molar-refractivity contribution >= 4 is 24.0 Å². The van der Waals surface area contributed by atoms with Crippen molar-refractivity contribution in [2.75, 3.05) is 11.9 Å². The van der Waals surface area contributed by atoms with Crippen molar-refractivity contribution in [3.63, 3.8) is 0 Å². The van der Waals surface area contributed by atoms with Gasteiger partial charge in [0, 0.05) is 6.08 Å². The van der Waals surface area contributed by atoms with E-state index in [1.165, 1.54) is 6.08 Å². The zero-order valence-corrected chi connectivity index (χ0v) is 11.4. The summed E-state index contributed by atoms with van der Waals surface area (Å²) in [5.41, 5.74) is 0.909. The molecule has 0 aliphatic carbocycles. The summed E-state index contributed by atoms with van der Waals surface area (Å²) in [7, 11) is 0. The summed E-state index contributed by atoms with van der Waals surface area (Å²) in [6, 6.07) is 9.32. The van der Waals surface area contributed by atoms with Gasteiger partial charge in [0.2, 0.25) is 0 Å². The number of ether oxygens (including phenoxy) is 1. The molecule has 108 valence electrons. The molecule has 0 spiro atoms. The van der Waals surface area contributed by atoms with Crippen molar-refractivity contribution in [2.24, 2.45) is 0 Å². The minimum Gasteiger partial charge on any atom is -0.461 e. The minimum absolute atomic E-state index is 0.0131. The van der Waals surface area contributed by atoms with Gasteiger partial charge in [-0.3, -0.25) is 10.1 Å². The van der Waals surface area contributed by atoms with Crippen LogP contribution in [0.2, 0.25) is 0 Å². The standard InChI is InChI=1S/C15H14N2O4/c1-2-20-14(19)12-10-21-15(16-12)17-13(18)9-8-11-6-4-3-5-7-11/h3-10H,2H2,1H3,(H,16,17,18)/b9-8+. The van der Waals surface area contributed by atoms with Gasteiger partial charge in [0.1, 0.15) is 6.26 Å². The molecule has 1 N–H and O–H groups in total. The van der Waals surface area contributed by atoms with Crippen molar-refractivity contribution in [1.82, 2.24) is 4.98 Å². The maximum Gasteiger partial charge on any atom is 0.360 e. The fourth-order valence-electron chi connectivity index (χ4n) is 1.51. The smallest absolute Gasteiger partial charge is 0.360 e. The van der Waals surface area contributed by atoms with Gasteiger partial charge in [0.05, 0.1) is 6.61 Å². The number of rotatable bonds is 5. The highest BCUT2D eigenvalue weighted by atomic mass is 16.5. The van der Waals surface area contributed by atoms with Gasteiger partial charge in [0.25, 0.3) is 5.91 Å². The molecule has 0 bridgehead atoms. The largest absolute Gasteiger partial charge is 0.461 e. The molecule has 0 aliphatic heterocycles. The second kappa shape index (κ2) is 7.04. The van der Waals surface area contributed by atoms with E-state index in [1.54, 1.807) is 13.0 Å². The molecule has 0 saturated heterocycles. The number of amides is 1. The van der Waals surface area contributed by atoms with E-state index >= 15 is 0 Å². The lowest BCUT2D eigenvalue weighted by Gasteiger charge is -1.96. The zero-order valence-electron chi connectivity index (χ0n) is 11.4. The van der Waals surface area contributed by atoms with Crippen LogP contribution in [0.5, 0.6) is 0 Å². The van der Waals surface area contributed by atoms with Crippen LogP contribution >= 0.6 is 0 Å². The summed E-state index contributed by atoms with van der Waals surface area (Å²) < 4.78 is 9.74. The van der Waals surface area contributed by atoms with E-state index in [2.05, 4.69) is 10.3 Å². The van der Waals surface area contributed by atoms with Gasteiger partial charge in [-0.2, -0.15) is 4.98 Å². The molecule has 2 rings (SSSR count). The molecule has 1 amide bonds. The summed E-state index contributed by atoms with van der Waals surface area (Å²) in [6.07, 6.45) is 4.14. The Bertz CT molecular complexity index is 647. The van der Waals surface area contributed by atoms with Crippen LogP contribution in [0.4, 0.5) is 6.01 Å². The van der Waals surface area contributed by atoms with Crippen LogP contribution in [0.15, 0.2) is 47.1 Å². The maximum atomic E-state index is 11.7. The van der Waals surface area contributed by atoms with E-state index in [1.807, 2.05) is 30.3 Å². The van der Waals surface area contributed by atoms with Crippen molar-refractivity contribution in [2.45, 2.75) is 6.92 Å². The highest BCUT2D eigenvalue weighted by Crippen LogP contribution is 2.09. The van der Waals surface area contributed by atoms with Crippen LogP contribution in [0.3, 0.4) is 0 Å². The number of esters is 1. The van der Waals surface area contributed by atoms with Crippen LogP contribution in [-0.4, -0.2) is 23.5 Å². The summed E-state index contributed by atoms with van der Waals surface area (Å²) >= 11 is 0. The van der Waals surface area contributed by atoms with Gasteiger partial charge in [-0.1, -0.05) is 30.3 Å². The first-order valence-corrected chi connectivity index (χ1v) is 6.36. The fourth-order valence-corrected chi connectivity index (χ4v) is 1.51. The predicted molar refractivity (Wildman–Crippen MR) is 76.6 cm³/mol. The number of anilines is 1. The van der Waals surface area contributed by atoms with Crippen molar-refractivity contribution in [1.29, 1.82) is 0 Å². The van der Waals surface area contributed by atoms with E-state index in [-0.39, 0.29) is 18.3 Å². The number of oxazole rings is 1. The van der Waals surface area contributed by atoms with Crippen LogP contribution in [0, 0.1) is 0 Å². The SMILES string of the molecule is CCOC(=O)c1coc(NC(=O)/C=C/c2ccccc2)n1. The molecule has 0 radical (unpaired) electrons. The van der Waals surface area contributed by atoms with Crippen LogP contribution in [-0.2, 0) is 9.53 Å². The van der Waals surface area contributed by atoms with Gasteiger partial charge in [-0.25, -0.2) is 4.79 Å². The third kappa shape index (κ3) is 4.31. The molecule has 6 heteroatoms. The maximum absolute atomic E-state index is 11.7. The van der Waals surface area contributed by atoms with Crippen LogP contribution in [0.1, 0.15) is 23.0 Å². The van der Waals surface area contributed by atoms with E-state index in [0.29, 0.717) is 0 Å². The second-order valence-corrected chi connectivity index (χ2v) is 3.99. The van der Waals surface area contributed by atoms with Gasteiger partial charge in [0.15, 0.2) is 5.69 Å². The average Bonchev–Trinajstić information content (AvgIpc) is 2.95. The third-order valence-corrected chi connectivity index (χ3v) is 2.45. The Kier molecular flexibility index (Phi) is 4.87. The number of aromatic nitrogens is 1. The quantitative estimate of drug-likeness (QED) is 0.674. The van der Waals surface area contributed by atoms with E-state index < -0.39 is 11.9 Å². The number of carbonyl (C=O) groups excluding carboxylic acids is 2. The summed E-state index contributed by atoms with van der Waals surface area (Å²) in [5.74, 6) is -1.00. The Labute approximate surface area is 121 Å². The molecule has 0 unspecified atom stereocenters. The lowest BCUT2D eigenvalue weighted by Crippen LogP contribution is -2.09. The molecule has 6 nitrogen and oxygen atoms in total. The highest BCUT2D eigenvalue weighted by Gasteiger charge is 2.13. The van der Waals surface area contributed by atoms with E-state index in [0.717, 1.165) is 11.8 Å². The highest BCUT2D eigenvalue weighted by molar-refractivity contribution is 6.01. The topological polar surface area (TPSA) is 81.4 Å². The molecule has 0 atom stereocenters. The fraction of sp³-hybridized carbons (Fsp3) is 0.133. The van der Waals surface area contributed by atoms with Crippen molar-refractivity contribution < 1.29 is 18.7 Å². The lowest BCUT2D eigenvalue weighted by atomic mass is 10.2. The molecular formula is C15H14N2O4. The minimum atomic E-state index is -0.596. The Hall–Kier alpha value is -2.89. The number of carbonyl (C=O) groups is 2. The van der Waals surface area contributed by atoms with Gasteiger partial charge >= 0.3 is 12.0 Å². The first-order chi connectivity index (χ1) is 10.2. The first kappa shape index (κ1) is 14.5. The van der Waals surface area contributed by atoms with Gasteiger partial charge in [-0.05, 0) is 18.6 Å². The zero-order chi connectivity index (χ0) is 15.1. The molecule has 1 aromatic carbocycles. The molecule has 1 heterocycles. The second-order valence-electron chi connectivity index (χ2n) is 3.99. The lowest BCUT2D eigenvalue weighted by molar-refractivity contribution is -0.112. The number of nitrogens with one attached hydrogen (secondary N) is 1. The molecule has 2 aromatic rings. The number of benzene rings is 1. The Balaban J connectivity index is 1.94. The molecule has 1 aromatic heterocycles. The number of nitrogens with zero attached hydrogens (tertiary/aromatic N) is 1. The van der Waals surface area contributed by atoms with Crippen molar-refractivity contribution in [3.05, 3.63) is 53.9 Å². The summed E-state index contributed by atoms with van der Waals surface area (Å²) in [5, 5.41) is 2.42. The molecule has 0 fully saturated rings. The number of hydrogen-bond acceptors (Lipinski definition) is 5. The van der Waals surface area contributed by atoms with Crippen molar-refractivity contribution in [3.8, 4) is 0 Å². The molecule has 0 saturated carbocycles. The molecule has 0 aliphatic rings. The number of hydrogen-bond donors (Lipinski definition) is 1. The van der Waals surface area contributed by atoms with Crippen LogP contribution < -0.4 is 5.32 Å². The van der Waals surface area contributed by atoms with Gasteiger partial charge in [-0.15, -0.1) is 0 Å². The predicted octanol–water partition coefficient (Wildman–Crippen LogP) is 2.50. The Morgan fingerprint density at radius 1 is 1.33 bits per heavy atom. The Morgan fingerprint density at radius 2 is 2.10 bits per heavy atom.